The van der Waals surface area contributed by atoms with Gasteiger partial charge in [0.1, 0.15) is 0 Å². The molecule has 0 amide bonds. The Hall–Kier alpha value is -1.71. The first-order chi connectivity index (χ1) is 10.6. The summed E-state index contributed by atoms with van der Waals surface area (Å²) in [4.78, 5) is 0. The van der Waals surface area contributed by atoms with E-state index < -0.39 is 7.14 Å². The van der Waals surface area contributed by atoms with Crippen LogP contribution in [-0.2, 0) is 4.57 Å². The molecule has 0 fully saturated rings. The van der Waals surface area contributed by atoms with Gasteiger partial charge in [0, 0.05) is 15.9 Å². The van der Waals surface area contributed by atoms with Gasteiger partial charge >= 0.3 is 18.9 Å². The number of benzene rings is 3. The predicted octanol–water partition coefficient (Wildman–Crippen LogP) is -0.288. The van der Waals surface area contributed by atoms with Gasteiger partial charge in [-0.1, -0.05) is 84.1 Å². The summed E-state index contributed by atoms with van der Waals surface area (Å²) in [6.07, 6.45) is 0. The molecule has 3 rings (SSSR count). The summed E-state index contributed by atoms with van der Waals surface area (Å²) in [5.74, 6) is -0.179. The van der Waals surface area contributed by atoms with Gasteiger partial charge in [-0.05, 0) is 13.0 Å². The van der Waals surface area contributed by atoms with E-state index in [0.29, 0.717) is 15.9 Å². The fourth-order valence-electron chi connectivity index (χ4n) is 2.58. The third-order valence-electron chi connectivity index (χ3n) is 3.69. The topological polar surface area (TPSA) is 40.1 Å². The molecule has 23 heavy (non-hydrogen) atoms. The minimum absolute atomic E-state index is 0. The van der Waals surface area contributed by atoms with Gasteiger partial charge in [0.2, 0.25) is 0 Å². The molecule has 0 atom stereocenters. The molecule has 0 N–H and O–H groups in total. The summed E-state index contributed by atoms with van der Waals surface area (Å²) >= 11 is 0. The van der Waals surface area contributed by atoms with Crippen molar-refractivity contribution in [2.24, 2.45) is 0 Å². The van der Waals surface area contributed by atoms with Crippen LogP contribution < -0.4 is 39.9 Å². The molecule has 110 valence electrons. The van der Waals surface area contributed by atoms with Crippen molar-refractivity contribution in [1.82, 2.24) is 0 Å². The van der Waals surface area contributed by atoms with Gasteiger partial charge in [-0.3, -0.25) is 0 Å². The zero-order chi connectivity index (χ0) is 15.6. The number of hydrogen-bond donors (Lipinski definition) is 0. The smallest absolute Gasteiger partial charge is 0.872 e. The molecule has 4 heteroatoms. The fourth-order valence-corrected chi connectivity index (χ4v) is 5.39. The summed E-state index contributed by atoms with van der Waals surface area (Å²) in [5, 5.41) is 14.1. The van der Waals surface area contributed by atoms with Crippen LogP contribution in [0.25, 0.3) is 0 Å². The van der Waals surface area contributed by atoms with E-state index in [9.17, 15) is 9.67 Å². The van der Waals surface area contributed by atoms with Crippen LogP contribution in [-0.4, -0.2) is 0 Å². The van der Waals surface area contributed by atoms with Gasteiger partial charge in [0.25, 0.3) is 0 Å². The van der Waals surface area contributed by atoms with E-state index >= 15 is 0 Å². The quantitative estimate of drug-likeness (QED) is 0.492. The van der Waals surface area contributed by atoms with E-state index in [-0.39, 0.29) is 24.6 Å². The summed E-state index contributed by atoms with van der Waals surface area (Å²) in [5.41, 5.74) is 0.932. The van der Waals surface area contributed by atoms with E-state index in [1.807, 2.05) is 67.6 Å². The van der Waals surface area contributed by atoms with Crippen molar-refractivity contribution < 1.29 is 28.5 Å². The van der Waals surface area contributed by atoms with Gasteiger partial charge in [0.15, 0.2) is 7.14 Å². The molecule has 0 bridgehead atoms. The van der Waals surface area contributed by atoms with Crippen molar-refractivity contribution in [2.75, 3.05) is 0 Å². The summed E-state index contributed by atoms with van der Waals surface area (Å²) < 4.78 is 14.0. The molecule has 0 saturated heterocycles. The van der Waals surface area contributed by atoms with E-state index in [2.05, 4.69) is 0 Å². The zero-order valence-electron chi connectivity index (χ0n) is 13.3. The molecule has 3 aromatic rings. The monoisotopic (exact) mass is 314 g/mol. The molecule has 0 heterocycles. The Morgan fingerprint density at radius 1 is 0.783 bits per heavy atom. The second-order valence-electron chi connectivity index (χ2n) is 5.25. The summed E-state index contributed by atoms with van der Waals surface area (Å²) in [6.45, 7) is 1.91. The van der Waals surface area contributed by atoms with E-state index in [1.165, 1.54) is 6.07 Å². The Kier molecular flexibility index (Phi) is 5.55. The Balaban J connectivity index is 0.00000192. The first-order valence-corrected chi connectivity index (χ1v) is 8.82. The Labute approximate surface area is 148 Å². The van der Waals surface area contributed by atoms with Crippen molar-refractivity contribution in [1.29, 1.82) is 0 Å². The minimum Gasteiger partial charge on any atom is -0.872 e. The van der Waals surface area contributed by atoms with Crippen LogP contribution in [0.1, 0.15) is 5.56 Å². The number of rotatable bonds is 3. The normalized spacial score (nSPS) is 10.8. The van der Waals surface area contributed by atoms with Crippen LogP contribution >= 0.6 is 7.14 Å². The van der Waals surface area contributed by atoms with Crippen LogP contribution in [0.3, 0.4) is 0 Å². The summed E-state index contributed by atoms with van der Waals surface area (Å²) in [6, 6.07) is 23.5. The SMILES string of the molecule is Cc1ccc([O-])c(P(=O)(c2ccccc2)c2ccccc2)c1.[Li+]. The van der Waals surface area contributed by atoms with Gasteiger partial charge in [-0.25, -0.2) is 0 Å². The Morgan fingerprint density at radius 2 is 1.26 bits per heavy atom. The molecule has 0 saturated carbocycles. The fraction of sp³-hybridized carbons (Fsp3) is 0.0526. The third-order valence-corrected chi connectivity index (χ3v) is 6.77. The molecular formula is C19H16LiO2P. The second-order valence-corrected chi connectivity index (χ2v) is 7.98. The van der Waals surface area contributed by atoms with Gasteiger partial charge in [0.05, 0.1) is 0 Å². The van der Waals surface area contributed by atoms with Crippen LogP contribution in [0.2, 0.25) is 0 Å². The van der Waals surface area contributed by atoms with Crippen molar-refractivity contribution in [3.8, 4) is 5.75 Å². The minimum atomic E-state index is -3.15. The second kappa shape index (κ2) is 7.24. The average molecular weight is 314 g/mol. The molecule has 0 spiro atoms. The molecule has 0 aliphatic carbocycles. The largest absolute Gasteiger partial charge is 1.00 e. The van der Waals surface area contributed by atoms with Crippen molar-refractivity contribution >= 4 is 23.1 Å². The molecule has 0 aromatic heterocycles. The van der Waals surface area contributed by atoms with Crippen LogP contribution in [0, 0.1) is 6.92 Å². The zero-order valence-corrected chi connectivity index (χ0v) is 14.2. The predicted molar refractivity (Wildman–Crippen MR) is 90.0 cm³/mol. The van der Waals surface area contributed by atoms with Crippen LogP contribution in [0.15, 0.2) is 78.9 Å². The maximum Gasteiger partial charge on any atom is 1.00 e. The summed E-state index contributed by atoms with van der Waals surface area (Å²) in [7, 11) is -3.15. The Morgan fingerprint density at radius 3 is 1.74 bits per heavy atom. The van der Waals surface area contributed by atoms with Crippen molar-refractivity contribution in [3.63, 3.8) is 0 Å². The van der Waals surface area contributed by atoms with Gasteiger partial charge in [-0.2, -0.15) is 0 Å². The van der Waals surface area contributed by atoms with Gasteiger partial charge < -0.3 is 9.67 Å². The maximum absolute atomic E-state index is 14.0. The number of aryl methyl sites for hydroxylation is 1. The molecule has 0 aliphatic heterocycles. The van der Waals surface area contributed by atoms with E-state index in [1.54, 1.807) is 12.1 Å². The Bertz CT molecular complexity index is 789. The van der Waals surface area contributed by atoms with Crippen LogP contribution in [0.5, 0.6) is 5.75 Å². The standard InChI is InChI=1S/C19H17O2P.Li/c1-15-12-13-18(20)19(14-15)22(21,16-8-4-2-5-9-16)17-10-6-3-7-11-17;/h2-14,20H,1H3;/q;+1/p-1. The average Bonchev–Trinajstić information content (AvgIpc) is 2.58. The van der Waals surface area contributed by atoms with E-state index in [4.69, 9.17) is 0 Å². The first-order valence-electron chi connectivity index (χ1n) is 7.12. The molecule has 2 nitrogen and oxygen atoms in total. The first kappa shape index (κ1) is 17.6. The van der Waals surface area contributed by atoms with Gasteiger partial charge in [-0.15, -0.1) is 0 Å². The molecular weight excluding hydrogens is 298 g/mol. The molecule has 3 aromatic carbocycles. The van der Waals surface area contributed by atoms with Crippen LogP contribution in [0.4, 0.5) is 0 Å². The van der Waals surface area contributed by atoms with Crippen molar-refractivity contribution in [3.05, 3.63) is 84.4 Å². The number of hydrogen-bond acceptors (Lipinski definition) is 2. The third kappa shape index (κ3) is 3.31. The maximum atomic E-state index is 14.0. The van der Waals surface area contributed by atoms with E-state index in [0.717, 1.165) is 5.56 Å². The van der Waals surface area contributed by atoms with Crippen molar-refractivity contribution in [2.45, 2.75) is 6.92 Å². The molecule has 0 radical (unpaired) electrons. The molecule has 0 unspecified atom stereocenters. The molecule has 0 aliphatic rings.